The lowest BCUT2D eigenvalue weighted by Crippen LogP contribution is -2.51. The van der Waals surface area contributed by atoms with Crippen molar-refractivity contribution in [1.82, 2.24) is 30.5 Å². The van der Waals surface area contributed by atoms with E-state index in [1.165, 1.54) is 4.90 Å². The van der Waals surface area contributed by atoms with Crippen LogP contribution in [0.4, 0.5) is 9.59 Å². The smallest absolute Gasteiger partial charge is 0.437 e. The Morgan fingerprint density at radius 2 is 1.70 bits per heavy atom. The van der Waals surface area contributed by atoms with E-state index >= 15 is 0 Å². The highest BCUT2D eigenvalue weighted by Gasteiger charge is 2.50. The molecule has 2 aliphatic rings. The molecule has 1 aromatic heterocycles. The Morgan fingerprint density at radius 1 is 1.04 bits per heavy atom. The van der Waals surface area contributed by atoms with Gasteiger partial charge >= 0.3 is 22.5 Å². The summed E-state index contributed by atoms with van der Waals surface area (Å²) >= 11 is 0. The summed E-state index contributed by atoms with van der Waals surface area (Å²) in [7, 11) is -4.66. The lowest BCUT2D eigenvalue weighted by molar-refractivity contribution is -0.172. The number of carbonyl (C=O) groups excluding carboxylic acids is 2. The van der Waals surface area contributed by atoms with E-state index in [0.29, 0.717) is 19.4 Å². The summed E-state index contributed by atoms with van der Waals surface area (Å²) in [5.41, 5.74) is -1.16. The largest absolute Gasteiger partial charge is 0.444 e. The molecular formula is C31H56N6O9S. The molecule has 0 radical (unpaired) electrons. The van der Waals surface area contributed by atoms with E-state index in [2.05, 4.69) is 36.3 Å². The van der Waals surface area contributed by atoms with Gasteiger partial charge in [-0.1, -0.05) is 66.2 Å². The van der Waals surface area contributed by atoms with E-state index in [1.54, 1.807) is 25.8 Å². The van der Waals surface area contributed by atoms with Crippen molar-refractivity contribution in [2.45, 2.75) is 155 Å². The number of aromatic nitrogens is 2. The number of carbonyl (C=O) groups is 2. The molecule has 16 heteroatoms. The topological polar surface area (TPSA) is 177 Å². The minimum Gasteiger partial charge on any atom is -0.444 e. The number of nitrogens with zero attached hydrogens (tertiary/aromatic N) is 5. The van der Waals surface area contributed by atoms with Gasteiger partial charge < -0.3 is 24.5 Å². The van der Waals surface area contributed by atoms with E-state index in [-0.39, 0.29) is 24.9 Å². The number of hydrogen-bond acceptors (Lipinski definition) is 12. The van der Waals surface area contributed by atoms with Crippen LogP contribution in [0.25, 0.3) is 0 Å². The predicted molar refractivity (Wildman–Crippen MR) is 173 cm³/mol. The van der Waals surface area contributed by atoms with Crippen molar-refractivity contribution in [3.63, 3.8) is 0 Å². The summed E-state index contributed by atoms with van der Waals surface area (Å²) in [6, 6.07) is -1.83. The zero-order valence-corrected chi connectivity index (χ0v) is 30.0. The van der Waals surface area contributed by atoms with Gasteiger partial charge in [0.2, 0.25) is 11.8 Å². The van der Waals surface area contributed by atoms with E-state index in [9.17, 15) is 23.1 Å². The number of amides is 3. The van der Waals surface area contributed by atoms with Gasteiger partial charge in [0.25, 0.3) is 0 Å². The maximum Gasteiger partial charge on any atom is 0.437 e. The summed E-state index contributed by atoms with van der Waals surface area (Å²) in [5, 5.41) is 23.4. The molecule has 47 heavy (non-hydrogen) atoms. The van der Waals surface area contributed by atoms with Crippen LogP contribution >= 0.6 is 0 Å². The van der Waals surface area contributed by atoms with Crippen LogP contribution in [0.5, 0.6) is 0 Å². The molecule has 2 saturated heterocycles. The molecule has 270 valence electrons. The van der Waals surface area contributed by atoms with E-state index in [0.717, 1.165) is 69.3 Å². The van der Waals surface area contributed by atoms with Gasteiger partial charge in [-0.2, -0.15) is 22.8 Å². The highest BCUT2D eigenvalue weighted by atomic mass is 32.3. The molecule has 1 unspecified atom stereocenters. The first kappa shape index (κ1) is 38.9. The molecule has 3 rings (SSSR count). The molecule has 3 atom stereocenters. The van der Waals surface area contributed by atoms with Crippen LogP contribution in [-0.4, -0.2) is 87.7 Å². The first-order valence-electron chi connectivity index (χ1n) is 17.2. The number of hydroxylamine groups is 4. The Balaban J connectivity index is 1.71. The second kappa shape index (κ2) is 17.2. The number of ether oxygens (including phenoxy) is 1. The van der Waals surface area contributed by atoms with Gasteiger partial charge in [0.15, 0.2) is 0 Å². The van der Waals surface area contributed by atoms with Crippen LogP contribution in [-0.2, 0) is 23.7 Å². The average Bonchev–Trinajstić information content (AvgIpc) is 3.59. The molecule has 2 bridgehead atoms. The van der Waals surface area contributed by atoms with Crippen LogP contribution in [0.1, 0.15) is 149 Å². The molecule has 15 nitrogen and oxygen atoms in total. The van der Waals surface area contributed by atoms with Crippen molar-refractivity contribution in [2.24, 2.45) is 0 Å². The quantitative estimate of drug-likeness (QED) is 0.160. The van der Waals surface area contributed by atoms with Crippen molar-refractivity contribution >= 4 is 22.5 Å². The highest BCUT2D eigenvalue weighted by Crippen LogP contribution is 2.40. The monoisotopic (exact) mass is 688 g/mol. The normalized spacial score (nSPS) is 19.5. The lowest BCUT2D eigenvalue weighted by atomic mass is 9.82. The minimum absolute atomic E-state index is 0.0889. The van der Waals surface area contributed by atoms with Crippen LogP contribution in [0.2, 0.25) is 0 Å². The number of unbranched alkanes of at least 4 members (excludes halogenated alkanes) is 3. The van der Waals surface area contributed by atoms with Gasteiger partial charge in [0.05, 0.1) is 12.6 Å². The van der Waals surface area contributed by atoms with Gasteiger partial charge in [0, 0.05) is 18.6 Å². The molecule has 0 aliphatic carbocycles. The van der Waals surface area contributed by atoms with E-state index in [4.69, 9.17) is 17.7 Å². The fraction of sp³-hybridized carbons (Fsp3) is 0.871. The zero-order valence-electron chi connectivity index (χ0n) is 29.2. The maximum atomic E-state index is 13.5. The van der Waals surface area contributed by atoms with Crippen molar-refractivity contribution in [3.05, 3.63) is 11.8 Å². The van der Waals surface area contributed by atoms with Crippen LogP contribution in [0.3, 0.4) is 0 Å². The predicted octanol–water partition coefficient (Wildman–Crippen LogP) is 5.70. The summed E-state index contributed by atoms with van der Waals surface area (Å²) < 4.78 is 49.1. The van der Waals surface area contributed by atoms with Gasteiger partial charge in [-0.3, -0.25) is 0 Å². The van der Waals surface area contributed by atoms with Crippen molar-refractivity contribution in [2.75, 3.05) is 19.6 Å². The first-order valence-corrected chi connectivity index (χ1v) is 18.5. The summed E-state index contributed by atoms with van der Waals surface area (Å²) in [6.07, 6.45) is 7.51. The van der Waals surface area contributed by atoms with Crippen LogP contribution < -0.4 is 5.32 Å². The molecule has 0 aromatic carbocycles. The molecule has 2 N–H and O–H groups in total. The van der Waals surface area contributed by atoms with Crippen LogP contribution in [0, 0.1) is 0 Å². The number of aliphatic hydroxyl groups excluding tert-OH is 1. The van der Waals surface area contributed by atoms with E-state index in [1.807, 2.05) is 6.92 Å². The number of fused-ring (bicyclic) bond motifs is 2. The molecule has 3 amide bonds. The molecule has 0 saturated carbocycles. The number of rotatable bonds is 20. The minimum atomic E-state index is -4.66. The van der Waals surface area contributed by atoms with Gasteiger partial charge in [-0.25, -0.2) is 9.59 Å². The molecular weight excluding hydrogens is 632 g/mol. The number of piperidine rings is 1. The van der Waals surface area contributed by atoms with Gasteiger partial charge in [-0.15, -0.1) is 14.5 Å². The summed E-state index contributed by atoms with van der Waals surface area (Å²) in [5.74, 6) is -0.0474. The third kappa shape index (κ3) is 10.7. The SMILES string of the molecule is CCCCN(OS(=O)(=O)ON1C(=O)N2C[C@@H]1CC[C@H]2c1nnc(C(O)CNC(=O)OC(C)(C)C)o1)C(CCC)(CCCC)CCCC. The number of aliphatic hydroxyl groups is 1. The summed E-state index contributed by atoms with van der Waals surface area (Å²) in [4.78, 5) is 26.9. The van der Waals surface area contributed by atoms with Crippen molar-refractivity contribution in [3.8, 4) is 0 Å². The van der Waals surface area contributed by atoms with Gasteiger partial charge in [0.1, 0.15) is 17.7 Å². The van der Waals surface area contributed by atoms with Crippen molar-refractivity contribution < 1.29 is 40.8 Å². The average molecular weight is 689 g/mol. The second-order valence-electron chi connectivity index (χ2n) is 13.6. The zero-order chi connectivity index (χ0) is 34.8. The first-order chi connectivity index (χ1) is 22.2. The van der Waals surface area contributed by atoms with Gasteiger partial charge in [-0.05, 0) is 59.3 Å². The van der Waals surface area contributed by atoms with Crippen molar-refractivity contribution in [1.29, 1.82) is 0 Å². The maximum absolute atomic E-state index is 13.5. The second-order valence-corrected chi connectivity index (χ2v) is 14.7. The van der Waals surface area contributed by atoms with E-state index < -0.39 is 51.9 Å². The Hall–Kier alpha value is -2.53. The number of urea groups is 1. The highest BCUT2D eigenvalue weighted by molar-refractivity contribution is 7.81. The Labute approximate surface area is 279 Å². The Morgan fingerprint density at radius 3 is 2.30 bits per heavy atom. The molecule has 3 heterocycles. The number of hydrogen-bond donors (Lipinski definition) is 2. The number of nitrogens with one attached hydrogen (secondary N) is 1. The summed E-state index contributed by atoms with van der Waals surface area (Å²) in [6.45, 7) is 13.9. The fourth-order valence-corrected chi connectivity index (χ4v) is 7.05. The Kier molecular flexibility index (Phi) is 14.3. The molecule has 1 aromatic rings. The lowest BCUT2D eigenvalue weighted by Gasteiger charge is -2.43. The third-order valence-electron chi connectivity index (χ3n) is 8.49. The standard InChI is InChI=1S/C31H56N6O9S/c1-8-12-18-31(17-11-4,19-13-9-2)36(20-14-10-3)45-47(41,42)46-37-23-15-16-24(35(22-23)29(37)40)26-33-34-27(43-26)25(38)21-32-28(39)44-30(5,6)7/h23-25,38H,8-22H2,1-7H3,(H,32,39)/t23-,24-,25?/m0/s1. The number of alkyl carbamates (subject to hydrolysis) is 1. The Bertz CT molecular complexity index is 1250. The third-order valence-corrected chi connectivity index (χ3v) is 9.20. The molecule has 2 aliphatic heterocycles. The molecule has 2 fully saturated rings. The fourth-order valence-electron chi connectivity index (χ4n) is 6.19. The molecule has 0 spiro atoms. The van der Waals surface area contributed by atoms with Crippen LogP contribution in [0.15, 0.2) is 4.42 Å².